The summed E-state index contributed by atoms with van der Waals surface area (Å²) in [6.07, 6.45) is 0. The zero-order chi connectivity index (χ0) is 20.4. The molecule has 0 aromatic heterocycles. The van der Waals surface area contributed by atoms with Gasteiger partial charge in [0.2, 0.25) is 10.0 Å². The minimum atomic E-state index is -3.64. The molecule has 0 N–H and O–H groups in total. The summed E-state index contributed by atoms with van der Waals surface area (Å²) in [5.74, 6) is 0.113. The molecule has 0 unspecified atom stereocenters. The molecule has 7 heteroatoms. The van der Waals surface area contributed by atoms with Crippen LogP contribution in [0, 0.1) is 0 Å². The van der Waals surface area contributed by atoms with E-state index in [4.69, 9.17) is 11.6 Å². The Morgan fingerprint density at radius 2 is 1.63 bits per heavy atom. The number of nitrogens with zero attached hydrogens (tertiary/aromatic N) is 2. The van der Waals surface area contributed by atoms with Crippen LogP contribution in [0.4, 0.5) is 0 Å². The fourth-order valence-corrected chi connectivity index (χ4v) is 3.73. The molecular formula is C20H25ClN2O3S. The first-order valence-corrected chi connectivity index (χ1v) is 10.4. The van der Waals surface area contributed by atoms with Gasteiger partial charge in [-0.15, -0.1) is 0 Å². The Labute approximate surface area is 166 Å². The molecule has 146 valence electrons. The lowest BCUT2D eigenvalue weighted by Gasteiger charge is -2.19. The van der Waals surface area contributed by atoms with Crippen LogP contribution in [0.25, 0.3) is 0 Å². The van der Waals surface area contributed by atoms with Crippen LogP contribution in [0.2, 0.25) is 5.02 Å². The zero-order valence-electron chi connectivity index (χ0n) is 16.2. The highest BCUT2D eigenvalue weighted by molar-refractivity contribution is 7.89. The third kappa shape index (κ3) is 4.89. The van der Waals surface area contributed by atoms with E-state index in [1.165, 1.54) is 42.8 Å². The maximum atomic E-state index is 12.8. The maximum absolute atomic E-state index is 12.8. The molecule has 0 radical (unpaired) electrons. The van der Waals surface area contributed by atoms with Crippen molar-refractivity contribution in [1.29, 1.82) is 0 Å². The van der Waals surface area contributed by atoms with Crippen molar-refractivity contribution in [1.82, 2.24) is 9.21 Å². The van der Waals surface area contributed by atoms with Crippen molar-refractivity contribution >= 4 is 27.5 Å². The molecule has 2 aromatic rings. The second kappa shape index (κ2) is 8.42. The SMILES string of the molecule is CC(C)c1ccc(CN(C)C(=O)c2cc(S(=O)(=O)N(C)C)ccc2Cl)cc1. The highest BCUT2D eigenvalue weighted by Crippen LogP contribution is 2.24. The Morgan fingerprint density at radius 1 is 1.04 bits per heavy atom. The van der Waals surface area contributed by atoms with Crippen molar-refractivity contribution in [2.24, 2.45) is 0 Å². The number of halogens is 1. The summed E-state index contributed by atoms with van der Waals surface area (Å²) in [5.41, 5.74) is 2.39. The average Bonchev–Trinajstić information content (AvgIpc) is 2.61. The summed E-state index contributed by atoms with van der Waals surface area (Å²) in [4.78, 5) is 14.4. The minimum absolute atomic E-state index is 0.0370. The number of carbonyl (C=O) groups excluding carboxylic acids is 1. The molecule has 0 fully saturated rings. The number of sulfonamides is 1. The van der Waals surface area contributed by atoms with Crippen LogP contribution in [-0.2, 0) is 16.6 Å². The van der Waals surface area contributed by atoms with Gasteiger partial charge < -0.3 is 4.90 Å². The van der Waals surface area contributed by atoms with E-state index in [1.807, 2.05) is 12.1 Å². The van der Waals surface area contributed by atoms with Crippen LogP contribution in [0.1, 0.15) is 41.3 Å². The molecule has 0 saturated heterocycles. The fraction of sp³-hybridized carbons (Fsp3) is 0.350. The van der Waals surface area contributed by atoms with E-state index >= 15 is 0 Å². The van der Waals surface area contributed by atoms with Gasteiger partial charge in [-0.3, -0.25) is 4.79 Å². The largest absolute Gasteiger partial charge is 0.337 e. The Kier molecular flexibility index (Phi) is 6.68. The molecule has 2 rings (SSSR count). The zero-order valence-corrected chi connectivity index (χ0v) is 17.8. The third-order valence-electron chi connectivity index (χ3n) is 4.36. The fourth-order valence-electron chi connectivity index (χ4n) is 2.60. The molecule has 27 heavy (non-hydrogen) atoms. The van der Waals surface area contributed by atoms with Crippen molar-refractivity contribution < 1.29 is 13.2 Å². The van der Waals surface area contributed by atoms with Gasteiger partial charge in [-0.25, -0.2) is 12.7 Å². The van der Waals surface area contributed by atoms with Gasteiger partial charge in [0, 0.05) is 27.7 Å². The lowest BCUT2D eigenvalue weighted by molar-refractivity contribution is 0.0785. The Morgan fingerprint density at radius 3 is 2.15 bits per heavy atom. The van der Waals surface area contributed by atoms with Gasteiger partial charge in [0.05, 0.1) is 15.5 Å². The van der Waals surface area contributed by atoms with Crippen LogP contribution in [0.15, 0.2) is 47.4 Å². The van der Waals surface area contributed by atoms with Crippen molar-refractivity contribution in [3.8, 4) is 0 Å². The van der Waals surface area contributed by atoms with Crippen LogP contribution < -0.4 is 0 Å². The van der Waals surface area contributed by atoms with E-state index in [9.17, 15) is 13.2 Å². The summed E-state index contributed by atoms with van der Waals surface area (Å²) >= 11 is 6.17. The Balaban J connectivity index is 2.26. The molecule has 0 heterocycles. The molecule has 0 atom stereocenters. The molecule has 1 amide bonds. The molecule has 0 aliphatic heterocycles. The highest BCUT2D eigenvalue weighted by Gasteiger charge is 2.22. The lowest BCUT2D eigenvalue weighted by atomic mass is 10.0. The van der Waals surface area contributed by atoms with Crippen LogP contribution in [0.3, 0.4) is 0 Å². The number of amides is 1. The normalized spacial score (nSPS) is 11.9. The summed E-state index contributed by atoms with van der Waals surface area (Å²) < 4.78 is 25.7. The smallest absolute Gasteiger partial charge is 0.255 e. The van der Waals surface area contributed by atoms with E-state index in [0.29, 0.717) is 12.5 Å². The summed E-state index contributed by atoms with van der Waals surface area (Å²) in [5, 5.41) is 0.222. The van der Waals surface area contributed by atoms with Crippen molar-refractivity contribution in [3.63, 3.8) is 0 Å². The monoisotopic (exact) mass is 408 g/mol. The molecule has 5 nitrogen and oxygen atoms in total. The van der Waals surface area contributed by atoms with Gasteiger partial charge in [0.25, 0.3) is 5.91 Å². The molecule has 0 aliphatic rings. The first-order valence-electron chi connectivity index (χ1n) is 8.60. The first kappa shape index (κ1) is 21.4. The second-order valence-electron chi connectivity index (χ2n) is 6.99. The van der Waals surface area contributed by atoms with Crippen LogP contribution in [0.5, 0.6) is 0 Å². The Bertz CT molecular complexity index is 923. The summed E-state index contributed by atoms with van der Waals surface area (Å²) in [6, 6.07) is 12.3. The van der Waals surface area contributed by atoms with E-state index in [-0.39, 0.29) is 21.4 Å². The van der Waals surface area contributed by atoms with Gasteiger partial charge >= 0.3 is 0 Å². The van der Waals surface area contributed by atoms with Gasteiger partial charge in [-0.1, -0.05) is 49.7 Å². The van der Waals surface area contributed by atoms with Gasteiger partial charge in [0.1, 0.15) is 0 Å². The number of rotatable bonds is 6. The topological polar surface area (TPSA) is 57.7 Å². The minimum Gasteiger partial charge on any atom is -0.337 e. The van der Waals surface area contributed by atoms with E-state index < -0.39 is 10.0 Å². The second-order valence-corrected chi connectivity index (χ2v) is 9.55. The van der Waals surface area contributed by atoms with Gasteiger partial charge in [0.15, 0.2) is 0 Å². The maximum Gasteiger partial charge on any atom is 0.255 e. The van der Waals surface area contributed by atoms with Gasteiger partial charge in [-0.2, -0.15) is 0 Å². The average molecular weight is 409 g/mol. The summed E-state index contributed by atoms with van der Waals surface area (Å²) in [7, 11) is 0.911. The molecule has 0 spiro atoms. The molecular weight excluding hydrogens is 384 g/mol. The van der Waals surface area contributed by atoms with Gasteiger partial charge in [-0.05, 0) is 35.2 Å². The quantitative estimate of drug-likeness (QED) is 0.726. The highest BCUT2D eigenvalue weighted by atomic mass is 35.5. The van der Waals surface area contributed by atoms with E-state index in [1.54, 1.807) is 7.05 Å². The molecule has 2 aromatic carbocycles. The Hall–Kier alpha value is -1.89. The third-order valence-corrected chi connectivity index (χ3v) is 6.50. The molecule has 0 saturated carbocycles. The number of hydrogen-bond donors (Lipinski definition) is 0. The first-order chi connectivity index (χ1) is 12.5. The standard InChI is InChI=1S/C20H25ClN2O3S/c1-14(2)16-8-6-15(7-9-16)13-23(5)20(24)18-12-17(10-11-19(18)21)27(25,26)22(3)4/h6-12,14H,13H2,1-5H3. The summed E-state index contributed by atoms with van der Waals surface area (Å²) in [6.45, 7) is 4.65. The van der Waals surface area contributed by atoms with E-state index in [2.05, 4.69) is 26.0 Å². The van der Waals surface area contributed by atoms with Crippen molar-refractivity contribution in [3.05, 3.63) is 64.2 Å². The molecule has 0 aliphatic carbocycles. The van der Waals surface area contributed by atoms with Crippen molar-refractivity contribution in [2.75, 3.05) is 21.1 Å². The predicted octanol–water partition coefficient (Wildman–Crippen LogP) is 3.99. The molecule has 0 bridgehead atoms. The number of benzene rings is 2. The van der Waals surface area contributed by atoms with E-state index in [0.717, 1.165) is 9.87 Å². The number of hydrogen-bond acceptors (Lipinski definition) is 3. The van der Waals surface area contributed by atoms with Crippen LogP contribution in [-0.4, -0.2) is 44.7 Å². The van der Waals surface area contributed by atoms with Crippen LogP contribution >= 0.6 is 11.6 Å². The number of carbonyl (C=O) groups is 1. The lowest BCUT2D eigenvalue weighted by Crippen LogP contribution is -2.27. The van der Waals surface area contributed by atoms with Crippen molar-refractivity contribution in [2.45, 2.75) is 31.2 Å². The predicted molar refractivity (Wildman–Crippen MR) is 109 cm³/mol.